The van der Waals surface area contributed by atoms with Gasteiger partial charge in [0.05, 0.1) is 17.9 Å². The summed E-state index contributed by atoms with van der Waals surface area (Å²) in [5.41, 5.74) is 1.24. The zero-order valence-corrected chi connectivity index (χ0v) is 13.1. The van der Waals surface area contributed by atoms with Crippen LogP contribution in [0.3, 0.4) is 0 Å². The topological polar surface area (TPSA) is 55.2 Å². The molecule has 0 aromatic carbocycles. The van der Waals surface area contributed by atoms with Crippen molar-refractivity contribution in [2.45, 2.75) is 51.1 Å². The van der Waals surface area contributed by atoms with Crippen molar-refractivity contribution in [2.75, 3.05) is 12.4 Å². The second kappa shape index (κ2) is 5.42. The van der Waals surface area contributed by atoms with Gasteiger partial charge in [0.25, 0.3) is 0 Å². The summed E-state index contributed by atoms with van der Waals surface area (Å²) in [7, 11) is -3.44. The number of sulfonamides is 1. The average Bonchev–Trinajstić information content (AvgIpc) is 3.08. The number of alkyl halides is 1. The van der Waals surface area contributed by atoms with Crippen molar-refractivity contribution < 1.29 is 8.42 Å². The van der Waals surface area contributed by atoms with E-state index in [1.807, 2.05) is 6.92 Å². The third kappa shape index (κ3) is 2.66. The second-order valence-electron chi connectivity index (χ2n) is 4.85. The van der Waals surface area contributed by atoms with Crippen molar-refractivity contribution in [1.29, 1.82) is 0 Å². The van der Waals surface area contributed by atoms with Gasteiger partial charge in [-0.1, -0.05) is 6.92 Å². The molecule has 1 saturated carbocycles. The minimum Gasteiger partial charge on any atom is -0.267 e. The monoisotopic (exact) mass is 305 g/mol. The molecule has 0 atom stereocenters. The van der Waals surface area contributed by atoms with E-state index < -0.39 is 10.0 Å². The van der Waals surface area contributed by atoms with Gasteiger partial charge in [-0.3, -0.25) is 4.68 Å². The zero-order valence-electron chi connectivity index (χ0n) is 11.6. The molecule has 0 amide bonds. The van der Waals surface area contributed by atoms with Crippen molar-refractivity contribution in [2.24, 2.45) is 0 Å². The fourth-order valence-electron chi connectivity index (χ4n) is 2.46. The number of hydrogen-bond acceptors (Lipinski definition) is 3. The Labute approximate surface area is 119 Å². The van der Waals surface area contributed by atoms with E-state index in [1.165, 1.54) is 0 Å². The van der Waals surface area contributed by atoms with Gasteiger partial charge in [0.2, 0.25) is 10.0 Å². The van der Waals surface area contributed by atoms with Gasteiger partial charge >= 0.3 is 0 Å². The van der Waals surface area contributed by atoms with Crippen LogP contribution < -0.4 is 0 Å². The van der Waals surface area contributed by atoms with Gasteiger partial charge in [-0.15, -0.1) is 11.6 Å². The van der Waals surface area contributed by atoms with Crippen molar-refractivity contribution in [1.82, 2.24) is 14.1 Å². The lowest BCUT2D eigenvalue weighted by atomic mass is 10.4. The van der Waals surface area contributed by atoms with Crippen LogP contribution >= 0.6 is 11.6 Å². The Morgan fingerprint density at radius 1 is 1.42 bits per heavy atom. The highest BCUT2D eigenvalue weighted by molar-refractivity contribution is 7.89. The number of nitrogens with zero attached hydrogens (tertiary/aromatic N) is 3. The predicted octanol–water partition coefficient (Wildman–Crippen LogP) is 1.91. The van der Waals surface area contributed by atoms with E-state index >= 15 is 0 Å². The van der Waals surface area contributed by atoms with Gasteiger partial charge in [-0.25, -0.2) is 8.42 Å². The van der Waals surface area contributed by atoms with Crippen molar-refractivity contribution in [3.05, 3.63) is 11.4 Å². The fourth-order valence-corrected chi connectivity index (χ4v) is 4.69. The molecule has 19 heavy (non-hydrogen) atoms. The second-order valence-corrected chi connectivity index (χ2v) is 7.06. The molecule has 0 spiro atoms. The third-order valence-electron chi connectivity index (χ3n) is 3.44. The summed E-state index contributed by atoms with van der Waals surface area (Å²) >= 11 is 5.71. The Balaban J connectivity index is 2.45. The summed E-state index contributed by atoms with van der Waals surface area (Å²) in [4.78, 5) is 0.353. The smallest absolute Gasteiger partial charge is 0.246 e. The SMILES string of the molecule is CCN(C1CC1)S(=O)(=O)c1c(C)nn(CCCl)c1C. The van der Waals surface area contributed by atoms with Crippen LogP contribution in [0.1, 0.15) is 31.2 Å². The van der Waals surface area contributed by atoms with Crippen LogP contribution in [-0.2, 0) is 16.6 Å². The first-order valence-corrected chi connectivity index (χ1v) is 8.52. The molecule has 2 rings (SSSR count). The number of aryl methyl sites for hydroxylation is 2. The molecular weight excluding hydrogens is 286 g/mol. The van der Waals surface area contributed by atoms with E-state index in [0.29, 0.717) is 35.3 Å². The molecule has 0 N–H and O–H groups in total. The molecule has 7 heteroatoms. The van der Waals surface area contributed by atoms with E-state index in [9.17, 15) is 8.42 Å². The summed E-state index contributed by atoms with van der Waals surface area (Å²) in [5.74, 6) is 0.418. The number of aromatic nitrogens is 2. The van der Waals surface area contributed by atoms with Crippen LogP contribution in [0.25, 0.3) is 0 Å². The Morgan fingerprint density at radius 2 is 2.05 bits per heavy atom. The molecule has 0 radical (unpaired) electrons. The van der Waals surface area contributed by atoms with E-state index in [4.69, 9.17) is 11.6 Å². The summed E-state index contributed by atoms with van der Waals surface area (Å²) < 4.78 is 28.8. The number of hydrogen-bond donors (Lipinski definition) is 0. The highest BCUT2D eigenvalue weighted by Crippen LogP contribution is 2.33. The van der Waals surface area contributed by atoms with Gasteiger partial charge in [-0.05, 0) is 26.7 Å². The van der Waals surface area contributed by atoms with E-state index in [0.717, 1.165) is 12.8 Å². The molecule has 0 saturated heterocycles. The van der Waals surface area contributed by atoms with E-state index in [2.05, 4.69) is 5.10 Å². The van der Waals surface area contributed by atoms with Gasteiger partial charge in [0.1, 0.15) is 4.90 Å². The summed E-state index contributed by atoms with van der Waals surface area (Å²) in [6.45, 7) is 6.45. The summed E-state index contributed by atoms with van der Waals surface area (Å²) in [5, 5.41) is 4.29. The Kier molecular flexibility index (Phi) is 4.23. The van der Waals surface area contributed by atoms with Crippen LogP contribution in [0, 0.1) is 13.8 Å². The Bertz CT molecular complexity index is 564. The molecule has 1 heterocycles. The molecule has 108 valence electrons. The van der Waals surface area contributed by atoms with Crippen molar-refractivity contribution in [3.8, 4) is 0 Å². The maximum Gasteiger partial charge on any atom is 0.246 e. The standard InChI is InChI=1S/C12H20ClN3O2S/c1-4-16(11-5-6-11)19(17,18)12-9(2)14-15(8-7-13)10(12)3/h11H,4-8H2,1-3H3. The molecule has 5 nitrogen and oxygen atoms in total. The van der Waals surface area contributed by atoms with Gasteiger partial charge in [-0.2, -0.15) is 9.40 Å². The quantitative estimate of drug-likeness (QED) is 0.754. The van der Waals surface area contributed by atoms with Crippen molar-refractivity contribution in [3.63, 3.8) is 0 Å². The van der Waals surface area contributed by atoms with Gasteiger partial charge < -0.3 is 0 Å². The Hall–Kier alpha value is -0.590. The minimum absolute atomic E-state index is 0.171. The lowest BCUT2D eigenvalue weighted by molar-refractivity contribution is 0.420. The van der Waals surface area contributed by atoms with E-state index in [1.54, 1.807) is 22.8 Å². The average molecular weight is 306 g/mol. The lowest BCUT2D eigenvalue weighted by Crippen LogP contribution is -2.33. The van der Waals surface area contributed by atoms with E-state index in [-0.39, 0.29) is 6.04 Å². The summed E-state index contributed by atoms with van der Waals surface area (Å²) in [6, 6.07) is 0.171. The first-order chi connectivity index (χ1) is 8.93. The van der Waals surface area contributed by atoms with Gasteiger partial charge in [0.15, 0.2) is 0 Å². The first kappa shape index (κ1) is 14.8. The van der Waals surface area contributed by atoms with Crippen molar-refractivity contribution >= 4 is 21.6 Å². The fraction of sp³-hybridized carbons (Fsp3) is 0.750. The summed E-state index contributed by atoms with van der Waals surface area (Å²) in [6.07, 6.45) is 1.92. The minimum atomic E-state index is -3.44. The normalized spacial score (nSPS) is 16.3. The third-order valence-corrected chi connectivity index (χ3v) is 5.89. The lowest BCUT2D eigenvalue weighted by Gasteiger charge is -2.20. The molecule has 0 aliphatic heterocycles. The maximum atomic E-state index is 12.7. The molecular formula is C12H20ClN3O2S. The maximum absolute atomic E-state index is 12.7. The molecule has 1 aliphatic rings. The van der Waals surface area contributed by atoms with Gasteiger partial charge in [0, 0.05) is 18.5 Å². The molecule has 1 aromatic heterocycles. The highest BCUT2D eigenvalue weighted by atomic mass is 35.5. The van der Waals surface area contributed by atoms with Crippen LogP contribution in [0.2, 0.25) is 0 Å². The van der Waals surface area contributed by atoms with Crippen LogP contribution in [-0.4, -0.2) is 41.0 Å². The largest absolute Gasteiger partial charge is 0.267 e. The van der Waals surface area contributed by atoms with Crippen LogP contribution in [0.4, 0.5) is 0 Å². The zero-order chi connectivity index (χ0) is 14.2. The highest BCUT2D eigenvalue weighted by Gasteiger charge is 2.39. The molecule has 1 fully saturated rings. The molecule has 0 unspecified atom stereocenters. The molecule has 1 aliphatic carbocycles. The van der Waals surface area contributed by atoms with Crippen LogP contribution in [0.5, 0.6) is 0 Å². The number of rotatable bonds is 6. The molecule has 0 bridgehead atoms. The number of halogens is 1. The Morgan fingerprint density at radius 3 is 2.53 bits per heavy atom. The molecule has 1 aromatic rings. The predicted molar refractivity (Wildman–Crippen MR) is 75.0 cm³/mol. The first-order valence-electron chi connectivity index (χ1n) is 6.55. The van der Waals surface area contributed by atoms with Crippen LogP contribution in [0.15, 0.2) is 4.90 Å².